The summed E-state index contributed by atoms with van der Waals surface area (Å²) < 4.78 is 5.03. The molecule has 1 heterocycles. The summed E-state index contributed by atoms with van der Waals surface area (Å²) in [4.78, 5) is 11.4. The lowest BCUT2D eigenvalue weighted by Crippen LogP contribution is -2.31. The van der Waals surface area contributed by atoms with Crippen molar-refractivity contribution in [1.82, 2.24) is 0 Å². The lowest BCUT2D eigenvalue weighted by Gasteiger charge is -2.32. The van der Waals surface area contributed by atoms with Crippen LogP contribution in [-0.2, 0) is 9.53 Å². The molecule has 0 aromatic heterocycles. The van der Waals surface area contributed by atoms with Crippen molar-refractivity contribution in [1.29, 1.82) is 0 Å². The van der Waals surface area contributed by atoms with Crippen LogP contribution >= 0.6 is 0 Å². The Kier molecular flexibility index (Phi) is 1.53. The van der Waals surface area contributed by atoms with E-state index in [1.165, 1.54) is 5.57 Å². The minimum atomic E-state index is -0.0223. The first-order valence-corrected chi connectivity index (χ1v) is 4.47. The minimum absolute atomic E-state index is 0.0223. The zero-order chi connectivity index (χ0) is 8.77. The molecule has 1 unspecified atom stereocenters. The molecule has 12 heavy (non-hydrogen) atoms. The van der Waals surface area contributed by atoms with Crippen LogP contribution in [0.1, 0.15) is 26.7 Å². The fourth-order valence-corrected chi connectivity index (χ4v) is 2.24. The SMILES string of the molecule is CC1(C)CCC=C2COC(=O)C21. The average molecular weight is 166 g/mol. The van der Waals surface area contributed by atoms with E-state index in [2.05, 4.69) is 19.9 Å². The highest BCUT2D eigenvalue weighted by Gasteiger charge is 2.44. The Hall–Kier alpha value is -0.790. The van der Waals surface area contributed by atoms with Crippen LogP contribution in [0, 0.1) is 11.3 Å². The maximum Gasteiger partial charge on any atom is 0.314 e. The second-order valence-electron chi connectivity index (χ2n) is 4.35. The molecule has 0 amide bonds. The molecule has 0 aromatic carbocycles. The zero-order valence-electron chi connectivity index (χ0n) is 7.59. The largest absolute Gasteiger partial charge is 0.461 e. The lowest BCUT2D eigenvalue weighted by atomic mass is 9.69. The van der Waals surface area contributed by atoms with E-state index in [0.29, 0.717) is 6.61 Å². The van der Waals surface area contributed by atoms with E-state index in [4.69, 9.17) is 4.74 Å². The number of carbonyl (C=O) groups is 1. The third-order valence-electron chi connectivity index (χ3n) is 2.96. The van der Waals surface area contributed by atoms with Gasteiger partial charge in [0.2, 0.25) is 0 Å². The van der Waals surface area contributed by atoms with Crippen molar-refractivity contribution < 1.29 is 9.53 Å². The van der Waals surface area contributed by atoms with Gasteiger partial charge in [-0.15, -0.1) is 0 Å². The molecule has 0 aromatic rings. The highest BCUT2D eigenvalue weighted by atomic mass is 16.5. The van der Waals surface area contributed by atoms with E-state index in [1.807, 2.05) is 0 Å². The van der Waals surface area contributed by atoms with Gasteiger partial charge in [0.25, 0.3) is 0 Å². The number of esters is 1. The highest BCUT2D eigenvalue weighted by molar-refractivity contribution is 5.80. The Morgan fingerprint density at radius 1 is 1.58 bits per heavy atom. The van der Waals surface area contributed by atoms with E-state index in [-0.39, 0.29) is 17.3 Å². The van der Waals surface area contributed by atoms with Gasteiger partial charge in [0.15, 0.2) is 0 Å². The van der Waals surface area contributed by atoms with Gasteiger partial charge in [-0.3, -0.25) is 4.79 Å². The van der Waals surface area contributed by atoms with Crippen molar-refractivity contribution in [3.63, 3.8) is 0 Å². The van der Waals surface area contributed by atoms with Crippen LogP contribution < -0.4 is 0 Å². The minimum Gasteiger partial charge on any atom is -0.461 e. The second kappa shape index (κ2) is 2.35. The molecule has 0 bridgehead atoms. The van der Waals surface area contributed by atoms with Crippen LogP contribution in [0.3, 0.4) is 0 Å². The molecule has 2 rings (SSSR count). The Morgan fingerprint density at radius 3 is 3.00 bits per heavy atom. The molecule has 0 saturated carbocycles. The smallest absolute Gasteiger partial charge is 0.314 e. The van der Waals surface area contributed by atoms with E-state index >= 15 is 0 Å². The van der Waals surface area contributed by atoms with Gasteiger partial charge < -0.3 is 4.74 Å². The Labute approximate surface area is 72.6 Å². The van der Waals surface area contributed by atoms with E-state index in [9.17, 15) is 4.79 Å². The summed E-state index contributed by atoms with van der Waals surface area (Å²) in [5, 5.41) is 0. The highest BCUT2D eigenvalue weighted by Crippen LogP contribution is 2.44. The summed E-state index contributed by atoms with van der Waals surface area (Å²) in [6.45, 7) is 4.83. The van der Waals surface area contributed by atoms with Crippen molar-refractivity contribution in [3.8, 4) is 0 Å². The normalized spacial score (nSPS) is 32.3. The van der Waals surface area contributed by atoms with Crippen molar-refractivity contribution in [2.75, 3.05) is 6.61 Å². The van der Waals surface area contributed by atoms with Crippen LogP contribution in [0.15, 0.2) is 11.6 Å². The van der Waals surface area contributed by atoms with Crippen LogP contribution in [0.4, 0.5) is 0 Å². The number of hydrogen-bond donors (Lipinski definition) is 0. The second-order valence-corrected chi connectivity index (χ2v) is 4.35. The van der Waals surface area contributed by atoms with Gasteiger partial charge in [-0.2, -0.15) is 0 Å². The first kappa shape index (κ1) is 7.84. The van der Waals surface area contributed by atoms with Crippen molar-refractivity contribution in [2.45, 2.75) is 26.7 Å². The summed E-state index contributed by atoms with van der Waals surface area (Å²) >= 11 is 0. The number of carbonyl (C=O) groups excluding carboxylic acids is 1. The molecule has 0 N–H and O–H groups in total. The first-order chi connectivity index (χ1) is 5.61. The fourth-order valence-electron chi connectivity index (χ4n) is 2.24. The summed E-state index contributed by atoms with van der Waals surface area (Å²) in [5.74, 6) is 0.0252. The molecule has 1 saturated heterocycles. The molecule has 0 radical (unpaired) electrons. The molecular formula is C10H14O2. The number of rotatable bonds is 0. The maximum atomic E-state index is 11.4. The van der Waals surface area contributed by atoms with Crippen LogP contribution in [0.2, 0.25) is 0 Å². The van der Waals surface area contributed by atoms with Crippen LogP contribution in [0.5, 0.6) is 0 Å². The quantitative estimate of drug-likeness (QED) is 0.406. The molecule has 1 atom stereocenters. The number of hydrogen-bond acceptors (Lipinski definition) is 2. The van der Waals surface area contributed by atoms with Crippen molar-refractivity contribution >= 4 is 5.97 Å². The van der Waals surface area contributed by atoms with Gasteiger partial charge in [-0.05, 0) is 23.8 Å². The Morgan fingerprint density at radius 2 is 2.33 bits per heavy atom. The summed E-state index contributed by atoms with van der Waals surface area (Å²) in [6, 6.07) is 0. The molecule has 2 heteroatoms. The van der Waals surface area contributed by atoms with Gasteiger partial charge in [0.1, 0.15) is 6.61 Å². The van der Waals surface area contributed by atoms with Gasteiger partial charge in [-0.25, -0.2) is 0 Å². The predicted molar refractivity (Wildman–Crippen MR) is 45.5 cm³/mol. The fraction of sp³-hybridized carbons (Fsp3) is 0.700. The third kappa shape index (κ3) is 0.977. The number of fused-ring (bicyclic) bond motifs is 1. The van der Waals surface area contributed by atoms with E-state index < -0.39 is 0 Å². The summed E-state index contributed by atoms with van der Waals surface area (Å²) in [7, 11) is 0. The van der Waals surface area contributed by atoms with Gasteiger partial charge in [0, 0.05) is 0 Å². The number of ether oxygens (including phenoxy) is 1. The van der Waals surface area contributed by atoms with E-state index in [0.717, 1.165) is 12.8 Å². The molecular weight excluding hydrogens is 152 g/mol. The predicted octanol–water partition coefficient (Wildman–Crippen LogP) is 1.91. The summed E-state index contributed by atoms with van der Waals surface area (Å²) in [6.07, 6.45) is 4.35. The Balaban J connectivity index is 2.37. The van der Waals surface area contributed by atoms with Crippen molar-refractivity contribution in [3.05, 3.63) is 11.6 Å². The lowest BCUT2D eigenvalue weighted by molar-refractivity contribution is -0.144. The topological polar surface area (TPSA) is 26.3 Å². The Bertz CT molecular complexity index is 251. The maximum absolute atomic E-state index is 11.4. The van der Waals surface area contributed by atoms with Crippen LogP contribution in [0.25, 0.3) is 0 Å². The number of allylic oxidation sites excluding steroid dienone is 1. The molecule has 1 aliphatic carbocycles. The molecule has 2 nitrogen and oxygen atoms in total. The average Bonchev–Trinajstić information content (AvgIpc) is 2.32. The molecule has 1 aliphatic heterocycles. The third-order valence-corrected chi connectivity index (χ3v) is 2.96. The first-order valence-electron chi connectivity index (χ1n) is 4.47. The standard InChI is InChI=1S/C10H14O2/c1-10(2)5-3-4-7-6-12-9(11)8(7)10/h4,8H,3,5-6H2,1-2H3. The zero-order valence-corrected chi connectivity index (χ0v) is 7.59. The number of cyclic esters (lactones) is 1. The molecule has 1 fully saturated rings. The van der Waals surface area contributed by atoms with Gasteiger partial charge in [-0.1, -0.05) is 19.9 Å². The van der Waals surface area contributed by atoms with Gasteiger partial charge in [0.05, 0.1) is 5.92 Å². The van der Waals surface area contributed by atoms with Crippen LogP contribution in [-0.4, -0.2) is 12.6 Å². The van der Waals surface area contributed by atoms with E-state index in [1.54, 1.807) is 0 Å². The van der Waals surface area contributed by atoms with Crippen molar-refractivity contribution in [2.24, 2.45) is 11.3 Å². The molecule has 66 valence electrons. The summed E-state index contributed by atoms with van der Waals surface area (Å²) in [5.41, 5.74) is 1.31. The molecule has 2 aliphatic rings. The van der Waals surface area contributed by atoms with Gasteiger partial charge >= 0.3 is 5.97 Å². The molecule has 0 spiro atoms. The monoisotopic (exact) mass is 166 g/mol.